The predicted molar refractivity (Wildman–Crippen MR) is 177 cm³/mol. The number of hydrogen-bond acceptors (Lipinski definition) is 6. The van der Waals surface area contributed by atoms with Crippen LogP contribution in [0.4, 0.5) is 5.69 Å². The Labute approximate surface area is 263 Å². The average Bonchev–Trinajstić information content (AvgIpc) is 3.05. The van der Waals surface area contributed by atoms with Gasteiger partial charge in [-0.2, -0.15) is 0 Å². The van der Waals surface area contributed by atoms with E-state index in [1.54, 1.807) is 0 Å². The molecule has 0 radical (unpaired) electrons. The van der Waals surface area contributed by atoms with Gasteiger partial charge >= 0.3 is 0 Å². The summed E-state index contributed by atoms with van der Waals surface area (Å²) in [5.41, 5.74) is 3.40. The molecule has 3 aromatic rings. The van der Waals surface area contributed by atoms with E-state index in [0.717, 1.165) is 49.3 Å². The summed E-state index contributed by atoms with van der Waals surface area (Å²) in [7, 11) is 4.09. The second kappa shape index (κ2) is 16.3. The highest BCUT2D eigenvalue weighted by molar-refractivity contribution is 5.97. The zero-order valence-corrected chi connectivity index (χ0v) is 27.0. The predicted octanol–water partition coefficient (Wildman–Crippen LogP) is 5.49. The van der Waals surface area contributed by atoms with Gasteiger partial charge in [-0.3, -0.25) is 14.5 Å². The van der Waals surface area contributed by atoms with Crippen molar-refractivity contribution in [3.05, 3.63) is 89.5 Å². The Hall–Kier alpha value is -3.88. The maximum absolute atomic E-state index is 14.1. The molecule has 8 heteroatoms. The molecule has 1 aliphatic heterocycles. The second-order valence-electron chi connectivity index (χ2n) is 12.0. The number of aryl methyl sites for hydroxylation is 1. The summed E-state index contributed by atoms with van der Waals surface area (Å²) in [5, 5.41) is 0. The van der Waals surface area contributed by atoms with E-state index in [2.05, 4.69) is 23.6 Å². The van der Waals surface area contributed by atoms with E-state index < -0.39 is 0 Å². The lowest BCUT2D eigenvalue weighted by Crippen LogP contribution is -2.41. The lowest BCUT2D eigenvalue weighted by Gasteiger charge is -2.30. The number of nitrogens with zero attached hydrogens (tertiary/aromatic N) is 4. The third-order valence-electron chi connectivity index (χ3n) is 7.96. The van der Waals surface area contributed by atoms with Crippen LogP contribution in [0.25, 0.3) is 0 Å². The molecule has 0 bridgehead atoms. The van der Waals surface area contributed by atoms with E-state index in [-0.39, 0.29) is 18.4 Å². The highest BCUT2D eigenvalue weighted by Gasteiger charge is 2.26. The SMILES string of the molecule is Cc1cccc2c1N(C(=O)COc1ccccc1)CCCN(C(C)C)CCN(C(=O)c1cccc(OCCCN(C)C)c1)C2. The molecule has 0 fully saturated rings. The Morgan fingerprint density at radius 1 is 0.864 bits per heavy atom. The summed E-state index contributed by atoms with van der Waals surface area (Å²) in [5.74, 6) is 1.21. The summed E-state index contributed by atoms with van der Waals surface area (Å²) in [6.45, 7) is 11.0. The molecule has 0 saturated carbocycles. The third-order valence-corrected chi connectivity index (χ3v) is 7.96. The topological polar surface area (TPSA) is 65.6 Å². The van der Waals surface area contributed by atoms with E-state index in [0.29, 0.717) is 49.3 Å². The van der Waals surface area contributed by atoms with Crippen LogP contribution < -0.4 is 14.4 Å². The van der Waals surface area contributed by atoms with E-state index >= 15 is 0 Å². The van der Waals surface area contributed by atoms with Crippen LogP contribution in [-0.2, 0) is 11.3 Å². The van der Waals surface area contributed by atoms with Gasteiger partial charge in [0.15, 0.2) is 6.61 Å². The zero-order chi connectivity index (χ0) is 31.5. The smallest absolute Gasteiger partial charge is 0.264 e. The first-order chi connectivity index (χ1) is 21.2. The standard InChI is InChI=1S/C36H48N4O4/c1-28(2)38-20-11-21-40(34(41)27-44-32-16-7-6-8-17-32)35-29(3)13-9-15-31(35)26-39(23-22-38)36(42)30-14-10-18-33(25-30)43-24-12-19-37(4)5/h6-10,13-18,25,28H,11-12,19-24,26-27H2,1-5H3. The van der Waals surface area contributed by atoms with Gasteiger partial charge in [0.05, 0.1) is 12.3 Å². The Bertz CT molecular complexity index is 1360. The van der Waals surface area contributed by atoms with Gasteiger partial charge in [0.25, 0.3) is 11.8 Å². The van der Waals surface area contributed by atoms with Crippen molar-refractivity contribution in [2.75, 3.05) is 64.9 Å². The molecule has 0 aromatic heterocycles. The van der Waals surface area contributed by atoms with Gasteiger partial charge in [0.1, 0.15) is 11.5 Å². The second-order valence-corrected chi connectivity index (χ2v) is 12.0. The number of amides is 2. The molecule has 0 spiro atoms. The molecule has 236 valence electrons. The van der Waals surface area contributed by atoms with E-state index in [9.17, 15) is 9.59 Å². The van der Waals surface area contributed by atoms with Crippen molar-refractivity contribution in [2.45, 2.75) is 46.2 Å². The van der Waals surface area contributed by atoms with Crippen LogP contribution in [0.5, 0.6) is 11.5 Å². The lowest BCUT2D eigenvalue weighted by atomic mass is 10.0. The van der Waals surface area contributed by atoms with Crippen LogP contribution in [0.1, 0.15) is 48.2 Å². The number of anilines is 1. The number of benzene rings is 3. The van der Waals surface area contributed by atoms with Crippen molar-refractivity contribution in [1.29, 1.82) is 0 Å². The molecule has 8 nitrogen and oxygen atoms in total. The number of hydrogen-bond donors (Lipinski definition) is 0. The number of rotatable bonds is 10. The van der Waals surface area contributed by atoms with Crippen molar-refractivity contribution >= 4 is 17.5 Å². The van der Waals surface area contributed by atoms with Crippen molar-refractivity contribution < 1.29 is 19.1 Å². The summed E-state index contributed by atoms with van der Waals surface area (Å²) in [6.07, 6.45) is 1.72. The van der Waals surface area contributed by atoms with Crippen molar-refractivity contribution in [3.8, 4) is 11.5 Å². The van der Waals surface area contributed by atoms with Crippen molar-refractivity contribution in [2.24, 2.45) is 0 Å². The minimum Gasteiger partial charge on any atom is -0.494 e. The molecule has 1 aliphatic rings. The van der Waals surface area contributed by atoms with Crippen molar-refractivity contribution in [3.63, 3.8) is 0 Å². The van der Waals surface area contributed by atoms with E-state index in [1.165, 1.54) is 0 Å². The normalized spacial score (nSPS) is 14.7. The first kappa shape index (κ1) is 33.0. The molecular weight excluding hydrogens is 552 g/mol. The zero-order valence-electron chi connectivity index (χ0n) is 27.0. The van der Waals surface area contributed by atoms with Gasteiger partial charge < -0.3 is 24.2 Å². The van der Waals surface area contributed by atoms with Crippen molar-refractivity contribution in [1.82, 2.24) is 14.7 Å². The molecule has 0 atom stereocenters. The Balaban J connectivity index is 1.61. The molecule has 44 heavy (non-hydrogen) atoms. The van der Waals surface area contributed by atoms with Gasteiger partial charge in [-0.25, -0.2) is 0 Å². The largest absolute Gasteiger partial charge is 0.494 e. The first-order valence-electron chi connectivity index (χ1n) is 15.7. The van der Waals surface area contributed by atoms with E-state index in [1.807, 2.05) is 104 Å². The minimum atomic E-state index is -0.100. The summed E-state index contributed by atoms with van der Waals surface area (Å²) in [6, 6.07) is 23.3. The molecule has 3 aromatic carbocycles. The van der Waals surface area contributed by atoms with Crippen LogP contribution in [0.2, 0.25) is 0 Å². The Morgan fingerprint density at radius 2 is 1.61 bits per heavy atom. The number of fused-ring (bicyclic) bond motifs is 1. The van der Waals surface area contributed by atoms with Crippen LogP contribution >= 0.6 is 0 Å². The van der Waals surface area contributed by atoms with Gasteiger partial charge in [-0.15, -0.1) is 0 Å². The van der Waals surface area contributed by atoms with Crippen LogP contribution in [-0.4, -0.2) is 92.6 Å². The maximum Gasteiger partial charge on any atom is 0.264 e. The molecule has 0 aliphatic carbocycles. The van der Waals surface area contributed by atoms with Crippen LogP contribution in [0, 0.1) is 6.92 Å². The minimum absolute atomic E-state index is 0.0514. The summed E-state index contributed by atoms with van der Waals surface area (Å²) < 4.78 is 11.9. The first-order valence-corrected chi connectivity index (χ1v) is 15.7. The number of para-hydroxylation sites is 2. The fraction of sp³-hybridized carbons (Fsp3) is 0.444. The highest BCUT2D eigenvalue weighted by atomic mass is 16.5. The molecule has 1 heterocycles. The van der Waals surface area contributed by atoms with Crippen LogP contribution in [0.15, 0.2) is 72.8 Å². The molecule has 2 amide bonds. The number of ether oxygens (including phenoxy) is 2. The van der Waals surface area contributed by atoms with Gasteiger partial charge in [-0.05, 0) is 89.2 Å². The summed E-state index contributed by atoms with van der Waals surface area (Å²) in [4.78, 5) is 36.2. The molecule has 0 saturated heterocycles. The molecular formula is C36H48N4O4. The Kier molecular flexibility index (Phi) is 12.2. The van der Waals surface area contributed by atoms with E-state index in [4.69, 9.17) is 9.47 Å². The maximum atomic E-state index is 14.1. The third kappa shape index (κ3) is 9.31. The highest BCUT2D eigenvalue weighted by Crippen LogP contribution is 2.29. The average molecular weight is 601 g/mol. The van der Waals surface area contributed by atoms with Gasteiger partial charge in [0, 0.05) is 50.9 Å². The summed E-state index contributed by atoms with van der Waals surface area (Å²) >= 11 is 0. The quantitative estimate of drug-likeness (QED) is 0.287. The molecule has 4 rings (SSSR count). The monoisotopic (exact) mass is 600 g/mol. The fourth-order valence-corrected chi connectivity index (χ4v) is 5.57. The number of carbonyl (C=O) groups excluding carboxylic acids is 2. The molecule has 0 N–H and O–H groups in total. The molecule has 0 unspecified atom stereocenters. The van der Waals surface area contributed by atoms with Gasteiger partial charge in [-0.1, -0.05) is 42.5 Å². The van der Waals surface area contributed by atoms with Gasteiger partial charge in [0.2, 0.25) is 0 Å². The van der Waals surface area contributed by atoms with Crippen LogP contribution in [0.3, 0.4) is 0 Å². The fourth-order valence-electron chi connectivity index (χ4n) is 5.57. The number of carbonyl (C=O) groups is 2. The lowest BCUT2D eigenvalue weighted by molar-refractivity contribution is -0.120. The Morgan fingerprint density at radius 3 is 2.36 bits per heavy atom.